The highest BCUT2D eigenvalue weighted by Crippen LogP contribution is 2.27. The fraction of sp³-hybridized carbons (Fsp3) is 0.176. The van der Waals surface area contributed by atoms with Crippen LogP contribution in [0.4, 0.5) is 11.4 Å². The number of amides is 1. The third kappa shape index (κ3) is 4.63. The summed E-state index contributed by atoms with van der Waals surface area (Å²) in [5.41, 5.74) is 1.48. The predicted molar refractivity (Wildman–Crippen MR) is 92.9 cm³/mol. The third-order valence-electron chi connectivity index (χ3n) is 3.17. The molecule has 0 radical (unpaired) electrons. The largest absolute Gasteiger partial charge is 0.495 e. The number of methoxy groups -OCH3 is 2. The van der Waals surface area contributed by atoms with Gasteiger partial charge in [0, 0.05) is 10.7 Å². The van der Waals surface area contributed by atoms with Crippen molar-refractivity contribution >= 4 is 34.9 Å². The van der Waals surface area contributed by atoms with Crippen LogP contribution in [0.5, 0.6) is 5.75 Å². The van der Waals surface area contributed by atoms with Gasteiger partial charge in [0.1, 0.15) is 5.75 Å². The summed E-state index contributed by atoms with van der Waals surface area (Å²) >= 11 is 5.94. The summed E-state index contributed by atoms with van der Waals surface area (Å²) in [6.07, 6.45) is 0. The first-order valence-electron chi connectivity index (χ1n) is 7.09. The molecule has 1 amide bonds. The van der Waals surface area contributed by atoms with Gasteiger partial charge in [0.15, 0.2) is 0 Å². The summed E-state index contributed by atoms with van der Waals surface area (Å²) in [4.78, 5) is 23.5. The molecule has 2 rings (SSSR count). The molecule has 0 fully saturated rings. The highest BCUT2D eigenvalue weighted by Gasteiger charge is 2.09. The maximum absolute atomic E-state index is 12.1. The highest BCUT2D eigenvalue weighted by molar-refractivity contribution is 6.30. The molecule has 0 heterocycles. The van der Waals surface area contributed by atoms with Gasteiger partial charge in [0.25, 0.3) is 0 Å². The molecule has 2 aromatic carbocycles. The summed E-state index contributed by atoms with van der Waals surface area (Å²) < 4.78 is 9.85. The molecule has 0 saturated heterocycles. The second-order valence-corrected chi connectivity index (χ2v) is 5.26. The Kier molecular flexibility index (Phi) is 6.03. The van der Waals surface area contributed by atoms with E-state index in [0.717, 1.165) is 0 Å². The lowest BCUT2D eigenvalue weighted by atomic mass is 10.2. The van der Waals surface area contributed by atoms with Crippen molar-refractivity contribution in [3.63, 3.8) is 0 Å². The molecule has 0 saturated carbocycles. The number of ether oxygens (including phenoxy) is 2. The average Bonchev–Trinajstić information content (AvgIpc) is 2.59. The van der Waals surface area contributed by atoms with Gasteiger partial charge in [-0.05, 0) is 36.4 Å². The van der Waals surface area contributed by atoms with E-state index in [4.69, 9.17) is 16.3 Å². The van der Waals surface area contributed by atoms with Crippen LogP contribution in [-0.2, 0) is 9.53 Å². The van der Waals surface area contributed by atoms with Gasteiger partial charge in [0.05, 0.1) is 32.0 Å². The lowest BCUT2D eigenvalue weighted by Crippen LogP contribution is -2.22. The fourth-order valence-electron chi connectivity index (χ4n) is 2.04. The van der Waals surface area contributed by atoms with E-state index in [0.29, 0.717) is 27.7 Å². The van der Waals surface area contributed by atoms with Crippen LogP contribution in [0.3, 0.4) is 0 Å². The smallest absolute Gasteiger partial charge is 0.337 e. The zero-order valence-corrected chi connectivity index (χ0v) is 14.0. The van der Waals surface area contributed by atoms with Crippen molar-refractivity contribution in [3.8, 4) is 5.75 Å². The van der Waals surface area contributed by atoms with Gasteiger partial charge in [-0.1, -0.05) is 17.7 Å². The molecule has 0 aliphatic heterocycles. The van der Waals surface area contributed by atoms with Gasteiger partial charge in [-0.2, -0.15) is 0 Å². The predicted octanol–water partition coefficient (Wildman–Crippen LogP) is 3.19. The normalized spacial score (nSPS) is 9.96. The molecule has 0 unspecified atom stereocenters. The van der Waals surface area contributed by atoms with Crippen molar-refractivity contribution in [1.29, 1.82) is 0 Å². The molecule has 0 bridgehead atoms. The van der Waals surface area contributed by atoms with Crippen molar-refractivity contribution in [1.82, 2.24) is 0 Å². The molecule has 0 atom stereocenters. The molecule has 0 aliphatic rings. The molecule has 0 aliphatic carbocycles. The number of benzene rings is 2. The van der Waals surface area contributed by atoms with Gasteiger partial charge >= 0.3 is 5.97 Å². The van der Waals surface area contributed by atoms with Crippen LogP contribution in [0, 0.1) is 0 Å². The van der Waals surface area contributed by atoms with Gasteiger partial charge in [0.2, 0.25) is 5.91 Å². The summed E-state index contributed by atoms with van der Waals surface area (Å²) in [6, 6.07) is 11.6. The average molecular weight is 349 g/mol. The molecule has 126 valence electrons. The maximum atomic E-state index is 12.1. The molecule has 6 nitrogen and oxygen atoms in total. The number of anilines is 2. The number of hydrogen-bond acceptors (Lipinski definition) is 5. The number of esters is 1. The zero-order chi connectivity index (χ0) is 17.5. The Balaban J connectivity index is 1.99. The molecule has 0 spiro atoms. The van der Waals surface area contributed by atoms with Crippen molar-refractivity contribution in [3.05, 3.63) is 53.1 Å². The first-order valence-corrected chi connectivity index (χ1v) is 7.47. The quantitative estimate of drug-likeness (QED) is 0.784. The topological polar surface area (TPSA) is 76.7 Å². The third-order valence-corrected chi connectivity index (χ3v) is 3.40. The minimum atomic E-state index is -0.465. The second-order valence-electron chi connectivity index (χ2n) is 4.82. The Morgan fingerprint density at radius 3 is 2.62 bits per heavy atom. The van der Waals surface area contributed by atoms with E-state index in [1.807, 2.05) is 0 Å². The molecule has 2 aromatic rings. The fourth-order valence-corrected chi connectivity index (χ4v) is 2.21. The minimum absolute atomic E-state index is 0.0130. The molecule has 24 heavy (non-hydrogen) atoms. The molecule has 7 heteroatoms. The van der Waals surface area contributed by atoms with E-state index in [9.17, 15) is 9.59 Å². The number of hydrogen-bond donors (Lipinski definition) is 2. The van der Waals surface area contributed by atoms with E-state index in [-0.39, 0.29) is 12.5 Å². The maximum Gasteiger partial charge on any atom is 0.337 e. The summed E-state index contributed by atoms with van der Waals surface area (Å²) in [6.45, 7) is 0.0130. The van der Waals surface area contributed by atoms with E-state index in [2.05, 4.69) is 15.4 Å². The van der Waals surface area contributed by atoms with Crippen molar-refractivity contribution in [2.24, 2.45) is 0 Å². The minimum Gasteiger partial charge on any atom is -0.495 e. The standard InChI is InChI=1S/C17H17ClN2O4/c1-23-15-7-6-12(18)9-14(15)19-10-16(21)20-13-5-3-4-11(8-13)17(22)24-2/h3-9,19H,10H2,1-2H3,(H,20,21). The van der Waals surface area contributed by atoms with Gasteiger partial charge in [-0.25, -0.2) is 4.79 Å². The lowest BCUT2D eigenvalue weighted by Gasteiger charge is -2.12. The molecular weight excluding hydrogens is 332 g/mol. The molecule has 0 aromatic heterocycles. The van der Waals surface area contributed by atoms with Gasteiger partial charge in [-0.3, -0.25) is 4.79 Å². The van der Waals surface area contributed by atoms with E-state index in [1.165, 1.54) is 14.2 Å². The van der Waals surface area contributed by atoms with Crippen LogP contribution >= 0.6 is 11.6 Å². The van der Waals surface area contributed by atoms with Gasteiger partial charge < -0.3 is 20.1 Å². The summed E-state index contributed by atoms with van der Waals surface area (Å²) in [5, 5.41) is 6.19. The van der Waals surface area contributed by atoms with Crippen molar-refractivity contribution in [2.45, 2.75) is 0 Å². The van der Waals surface area contributed by atoms with Crippen molar-refractivity contribution in [2.75, 3.05) is 31.4 Å². The van der Waals surface area contributed by atoms with Crippen LogP contribution in [-0.4, -0.2) is 32.6 Å². The Morgan fingerprint density at radius 2 is 1.92 bits per heavy atom. The number of carbonyl (C=O) groups is 2. The van der Waals surface area contributed by atoms with Crippen LogP contribution < -0.4 is 15.4 Å². The van der Waals surface area contributed by atoms with Crippen LogP contribution in [0.2, 0.25) is 5.02 Å². The number of rotatable bonds is 6. The molecular formula is C17H17ClN2O4. The SMILES string of the molecule is COC(=O)c1cccc(NC(=O)CNc2cc(Cl)ccc2OC)c1. The second kappa shape index (κ2) is 8.21. The lowest BCUT2D eigenvalue weighted by molar-refractivity contribution is -0.114. The number of nitrogens with one attached hydrogen (secondary N) is 2. The van der Waals surface area contributed by atoms with Crippen LogP contribution in [0.15, 0.2) is 42.5 Å². The van der Waals surface area contributed by atoms with Crippen molar-refractivity contribution < 1.29 is 19.1 Å². The Labute approximate surface area is 144 Å². The first-order chi connectivity index (χ1) is 11.5. The van der Waals surface area contributed by atoms with Crippen LogP contribution in [0.1, 0.15) is 10.4 Å². The van der Waals surface area contributed by atoms with Crippen LogP contribution in [0.25, 0.3) is 0 Å². The number of halogens is 1. The first kappa shape index (κ1) is 17.6. The Bertz CT molecular complexity index is 749. The summed E-state index contributed by atoms with van der Waals surface area (Å²) in [7, 11) is 2.84. The monoisotopic (exact) mass is 348 g/mol. The van der Waals surface area contributed by atoms with E-state index < -0.39 is 5.97 Å². The Morgan fingerprint density at radius 1 is 1.12 bits per heavy atom. The molecule has 2 N–H and O–H groups in total. The van der Waals surface area contributed by atoms with E-state index >= 15 is 0 Å². The van der Waals surface area contributed by atoms with Gasteiger partial charge in [-0.15, -0.1) is 0 Å². The highest BCUT2D eigenvalue weighted by atomic mass is 35.5. The Hall–Kier alpha value is -2.73. The van der Waals surface area contributed by atoms with E-state index in [1.54, 1.807) is 42.5 Å². The summed E-state index contributed by atoms with van der Waals surface area (Å²) in [5.74, 6) is -0.160. The zero-order valence-electron chi connectivity index (χ0n) is 13.3. The number of carbonyl (C=O) groups excluding carboxylic acids is 2.